The normalized spacial score (nSPS) is 10.7. The lowest BCUT2D eigenvalue weighted by Crippen LogP contribution is -1.84. The molecule has 0 atom stereocenters. The summed E-state index contributed by atoms with van der Waals surface area (Å²) >= 11 is 5.65. The van der Waals surface area contributed by atoms with E-state index in [1.807, 2.05) is 18.2 Å². The molecule has 1 aromatic carbocycles. The van der Waals surface area contributed by atoms with Gasteiger partial charge in [-0.15, -0.1) is 24.0 Å². The van der Waals surface area contributed by atoms with E-state index >= 15 is 0 Å². The van der Waals surface area contributed by atoms with Gasteiger partial charge in [-0.1, -0.05) is 0 Å². The quantitative estimate of drug-likeness (QED) is 0.607. The van der Waals surface area contributed by atoms with Gasteiger partial charge in [0.05, 0.1) is 6.61 Å². The molecule has 1 aromatic heterocycles. The van der Waals surface area contributed by atoms with E-state index in [1.165, 1.54) is 11.3 Å². The molecular formula is C10H8O2S2. The van der Waals surface area contributed by atoms with Gasteiger partial charge in [0.25, 0.3) is 0 Å². The molecule has 72 valence electrons. The molecule has 0 amide bonds. The predicted octanol–water partition coefficient (Wildman–Crippen LogP) is 2.49. The van der Waals surface area contributed by atoms with Crippen LogP contribution in [0.3, 0.4) is 0 Å². The first kappa shape index (κ1) is 9.71. The van der Waals surface area contributed by atoms with Crippen LogP contribution in [0, 0.1) is 0 Å². The summed E-state index contributed by atoms with van der Waals surface area (Å²) < 4.78 is 1.01. The second-order valence-electron chi connectivity index (χ2n) is 2.90. The number of hydrogen-bond acceptors (Lipinski definition) is 4. The van der Waals surface area contributed by atoms with Crippen LogP contribution in [-0.2, 0) is 6.61 Å². The number of rotatable bonds is 2. The Balaban J connectivity index is 2.81. The Labute approximate surface area is 90.6 Å². The van der Waals surface area contributed by atoms with Gasteiger partial charge in [0.1, 0.15) is 0 Å². The fourth-order valence-electron chi connectivity index (χ4n) is 1.40. The molecule has 0 saturated carbocycles. The second kappa shape index (κ2) is 3.73. The number of carbonyl (C=O) groups is 1. The lowest BCUT2D eigenvalue weighted by molar-refractivity contribution is 0.112. The van der Waals surface area contributed by atoms with Gasteiger partial charge in [-0.2, -0.15) is 0 Å². The number of benzene rings is 1. The molecule has 1 heterocycles. The fraction of sp³-hybridized carbons (Fsp3) is 0.100. The maximum absolute atomic E-state index is 10.8. The first-order chi connectivity index (χ1) is 6.76. The van der Waals surface area contributed by atoms with Crippen molar-refractivity contribution < 1.29 is 9.90 Å². The molecule has 0 bridgehead atoms. The van der Waals surface area contributed by atoms with Crippen LogP contribution in [0.1, 0.15) is 15.2 Å². The fourth-order valence-corrected chi connectivity index (χ4v) is 2.62. The Bertz CT molecular complexity index is 488. The van der Waals surface area contributed by atoms with Crippen LogP contribution in [0.4, 0.5) is 0 Å². The van der Waals surface area contributed by atoms with Gasteiger partial charge in [0.2, 0.25) is 0 Å². The van der Waals surface area contributed by atoms with E-state index in [1.54, 1.807) is 0 Å². The molecule has 0 aliphatic heterocycles. The number of hydrogen-bond donors (Lipinski definition) is 2. The third-order valence-electron chi connectivity index (χ3n) is 2.05. The number of fused-ring (bicyclic) bond motifs is 1. The Morgan fingerprint density at radius 2 is 2.29 bits per heavy atom. The smallest absolute Gasteiger partial charge is 0.151 e. The summed E-state index contributed by atoms with van der Waals surface area (Å²) in [7, 11) is 0. The maximum Gasteiger partial charge on any atom is 0.151 e. The van der Waals surface area contributed by atoms with Crippen LogP contribution < -0.4 is 0 Å². The van der Waals surface area contributed by atoms with E-state index in [-0.39, 0.29) is 6.61 Å². The number of aliphatic hydroxyl groups is 1. The SMILES string of the molecule is O=Cc1c(CO)sc2ccc(S)cc12. The lowest BCUT2D eigenvalue weighted by Gasteiger charge is -1.93. The van der Waals surface area contributed by atoms with E-state index in [2.05, 4.69) is 12.6 Å². The zero-order valence-corrected chi connectivity index (χ0v) is 8.94. The van der Waals surface area contributed by atoms with Crippen molar-refractivity contribution in [1.29, 1.82) is 0 Å². The summed E-state index contributed by atoms with van der Waals surface area (Å²) in [6.07, 6.45) is 0.789. The van der Waals surface area contributed by atoms with Gasteiger partial charge in [-0.05, 0) is 18.2 Å². The number of aliphatic hydroxyl groups excluding tert-OH is 1. The molecule has 0 fully saturated rings. The van der Waals surface area contributed by atoms with E-state index in [4.69, 9.17) is 5.11 Å². The van der Waals surface area contributed by atoms with Gasteiger partial charge < -0.3 is 5.11 Å². The molecule has 2 nitrogen and oxygen atoms in total. The topological polar surface area (TPSA) is 37.3 Å². The molecule has 0 saturated heterocycles. The third kappa shape index (κ3) is 1.45. The average Bonchev–Trinajstić information content (AvgIpc) is 2.54. The van der Waals surface area contributed by atoms with E-state index in [0.29, 0.717) is 10.4 Å². The highest BCUT2D eigenvalue weighted by atomic mass is 32.1. The van der Waals surface area contributed by atoms with Crippen molar-refractivity contribution in [3.8, 4) is 0 Å². The molecule has 2 rings (SSSR count). The molecule has 0 unspecified atom stereocenters. The minimum atomic E-state index is -0.0880. The van der Waals surface area contributed by atoms with E-state index < -0.39 is 0 Å². The molecule has 1 N–H and O–H groups in total. The summed E-state index contributed by atoms with van der Waals surface area (Å²) in [6, 6.07) is 5.63. The number of thiol groups is 1. The maximum atomic E-state index is 10.8. The summed E-state index contributed by atoms with van der Waals surface area (Å²) in [6.45, 7) is -0.0880. The highest BCUT2D eigenvalue weighted by Gasteiger charge is 2.10. The molecule has 0 radical (unpaired) electrons. The largest absolute Gasteiger partial charge is 0.391 e. The summed E-state index contributed by atoms with van der Waals surface area (Å²) in [5.74, 6) is 0. The zero-order chi connectivity index (χ0) is 10.1. The Kier molecular flexibility index (Phi) is 2.58. The van der Waals surface area contributed by atoms with Crippen LogP contribution >= 0.6 is 24.0 Å². The minimum absolute atomic E-state index is 0.0880. The average molecular weight is 224 g/mol. The zero-order valence-electron chi connectivity index (χ0n) is 7.23. The molecule has 0 spiro atoms. The minimum Gasteiger partial charge on any atom is -0.391 e. The van der Waals surface area contributed by atoms with Crippen LogP contribution in [0.25, 0.3) is 10.1 Å². The highest BCUT2D eigenvalue weighted by molar-refractivity contribution is 7.80. The van der Waals surface area contributed by atoms with Crippen molar-refractivity contribution in [2.24, 2.45) is 0 Å². The van der Waals surface area contributed by atoms with Crippen molar-refractivity contribution in [1.82, 2.24) is 0 Å². The standard InChI is InChI=1S/C10H8O2S2/c11-4-8-7-3-6(13)1-2-9(7)14-10(8)5-12/h1-4,12-13H,5H2. The van der Waals surface area contributed by atoms with Crippen LogP contribution in [0.5, 0.6) is 0 Å². The lowest BCUT2D eigenvalue weighted by atomic mass is 10.1. The summed E-state index contributed by atoms with van der Waals surface area (Å²) in [4.78, 5) is 12.4. The molecule has 0 aliphatic rings. The van der Waals surface area contributed by atoms with Crippen molar-refractivity contribution in [3.05, 3.63) is 28.6 Å². The third-order valence-corrected chi connectivity index (χ3v) is 3.50. The number of carbonyl (C=O) groups excluding carboxylic acids is 1. The van der Waals surface area contributed by atoms with E-state index in [9.17, 15) is 4.79 Å². The first-order valence-electron chi connectivity index (χ1n) is 4.06. The summed E-state index contributed by atoms with van der Waals surface area (Å²) in [5, 5.41) is 9.93. The number of aldehydes is 1. The second-order valence-corrected chi connectivity index (χ2v) is 4.55. The van der Waals surface area contributed by atoms with Crippen molar-refractivity contribution in [3.63, 3.8) is 0 Å². The molecule has 2 aromatic rings. The molecule has 4 heteroatoms. The Hall–Kier alpha value is -0.840. The molecule has 14 heavy (non-hydrogen) atoms. The van der Waals surface area contributed by atoms with Gasteiger partial charge in [0, 0.05) is 25.4 Å². The highest BCUT2D eigenvalue weighted by Crippen LogP contribution is 2.31. The van der Waals surface area contributed by atoms with Crippen LogP contribution in [0.2, 0.25) is 0 Å². The van der Waals surface area contributed by atoms with Gasteiger partial charge >= 0.3 is 0 Å². The molecule has 0 aliphatic carbocycles. The van der Waals surface area contributed by atoms with Crippen LogP contribution in [0.15, 0.2) is 23.1 Å². The predicted molar refractivity (Wildman–Crippen MR) is 60.4 cm³/mol. The van der Waals surface area contributed by atoms with Crippen molar-refractivity contribution in [2.45, 2.75) is 11.5 Å². The van der Waals surface area contributed by atoms with Gasteiger partial charge in [-0.25, -0.2) is 0 Å². The summed E-state index contributed by atoms with van der Waals surface area (Å²) in [5.41, 5.74) is 0.586. The van der Waals surface area contributed by atoms with Crippen molar-refractivity contribution in [2.75, 3.05) is 0 Å². The molecular weight excluding hydrogens is 216 g/mol. The van der Waals surface area contributed by atoms with Crippen LogP contribution in [-0.4, -0.2) is 11.4 Å². The first-order valence-corrected chi connectivity index (χ1v) is 5.33. The Morgan fingerprint density at radius 1 is 1.50 bits per heavy atom. The number of thiophene rings is 1. The van der Waals surface area contributed by atoms with Crippen molar-refractivity contribution >= 4 is 40.3 Å². The Morgan fingerprint density at radius 3 is 2.93 bits per heavy atom. The monoisotopic (exact) mass is 224 g/mol. The van der Waals surface area contributed by atoms with E-state index in [0.717, 1.165) is 21.3 Å². The van der Waals surface area contributed by atoms with Gasteiger partial charge in [-0.3, -0.25) is 4.79 Å². The van der Waals surface area contributed by atoms with Gasteiger partial charge in [0.15, 0.2) is 6.29 Å².